The van der Waals surface area contributed by atoms with Gasteiger partial charge in [-0.1, -0.05) is 280 Å². The van der Waals surface area contributed by atoms with E-state index in [9.17, 15) is 23.2 Å². The van der Waals surface area contributed by atoms with Crippen LogP contribution in [-0.4, -0.2) is 58.6 Å². The molecule has 0 unspecified atom stereocenters. The van der Waals surface area contributed by atoms with Crippen molar-refractivity contribution in [3.8, 4) is 0 Å². The van der Waals surface area contributed by atoms with Crippen LogP contribution < -0.4 is 0 Å². The highest BCUT2D eigenvalue weighted by Crippen LogP contribution is 2.30. The van der Waals surface area contributed by atoms with Gasteiger partial charge >= 0.3 is 0 Å². The molecule has 0 radical (unpaired) electrons. The fourth-order valence-electron chi connectivity index (χ4n) is 11.9. The Balaban J connectivity index is 0.000000259. The number of carbonyl (C=O) groups excluding carboxylic acids is 3. The van der Waals surface area contributed by atoms with Gasteiger partial charge in [-0.05, 0) is 268 Å². The Bertz CT molecular complexity index is 3820. The summed E-state index contributed by atoms with van der Waals surface area (Å²) in [4.78, 5) is 41.8. The van der Waals surface area contributed by atoms with Crippen LogP contribution in [0.25, 0.3) is 0 Å². The van der Waals surface area contributed by atoms with E-state index in [2.05, 4.69) is 310 Å². The van der Waals surface area contributed by atoms with Gasteiger partial charge in [0.2, 0.25) is 0 Å². The lowest BCUT2D eigenvalue weighted by Gasteiger charge is -2.15. The van der Waals surface area contributed by atoms with E-state index in [1.54, 1.807) is 6.07 Å². The van der Waals surface area contributed by atoms with Crippen LogP contribution in [0.1, 0.15) is 314 Å². The van der Waals surface area contributed by atoms with Gasteiger partial charge in [0, 0.05) is 69.0 Å². The summed E-state index contributed by atoms with van der Waals surface area (Å²) in [5, 5.41) is 0.810. The molecule has 1 fully saturated rings. The number of hydrogen-bond donors (Lipinski definition) is 0. The highest BCUT2D eigenvalue weighted by atomic mass is 127. The Morgan fingerprint density at radius 1 is 0.426 bits per heavy atom. The van der Waals surface area contributed by atoms with Crippen LogP contribution >= 0.6 is 50.1 Å². The topological polar surface area (TPSA) is 60.9 Å². The van der Waals surface area contributed by atoms with Gasteiger partial charge in [-0.3, -0.25) is 14.4 Å². The average molecular weight is 1660 g/mol. The number of hydrogen-bond acceptors (Lipinski definition) is 3. The Hall–Kier alpha value is -7.25. The van der Waals surface area contributed by atoms with Crippen LogP contribution in [-0.2, 0) is 13.1 Å². The molecule has 3 aliphatic heterocycles. The number of benzene rings is 9. The molecular weight excluding hydrogens is 1540 g/mol. The first kappa shape index (κ1) is 93.1. The molecule has 3 amide bonds. The molecule has 6 nitrogen and oxygen atoms in total. The van der Waals surface area contributed by atoms with Crippen LogP contribution in [0.2, 0.25) is 5.02 Å². The minimum absolute atomic E-state index is 0.146. The lowest BCUT2D eigenvalue weighted by atomic mass is 9.98. The van der Waals surface area contributed by atoms with Gasteiger partial charge in [-0.25, -0.2) is 8.78 Å². The molecule has 0 atom stereocenters. The van der Waals surface area contributed by atoms with E-state index in [1.165, 1.54) is 88.5 Å². The summed E-state index contributed by atoms with van der Waals surface area (Å²) in [5.74, 6) is 5.27. The molecule has 12 rings (SSSR count). The van der Waals surface area contributed by atoms with E-state index in [4.69, 9.17) is 11.6 Å². The van der Waals surface area contributed by atoms with Crippen molar-refractivity contribution in [2.45, 2.75) is 238 Å². The lowest BCUT2D eigenvalue weighted by Crippen LogP contribution is -2.27. The number of fused-ring (bicyclic) bond motifs is 2. The molecule has 108 heavy (non-hydrogen) atoms. The van der Waals surface area contributed by atoms with Gasteiger partial charge in [0.1, 0.15) is 11.6 Å². The number of halogens is 5. The molecule has 3 heterocycles. The van der Waals surface area contributed by atoms with Crippen LogP contribution in [0.3, 0.4) is 0 Å². The molecule has 0 saturated carbocycles. The molecular formula is C97H126BrClF2IN3O3. The van der Waals surface area contributed by atoms with E-state index < -0.39 is 0 Å². The van der Waals surface area contributed by atoms with Crippen molar-refractivity contribution in [2.24, 2.45) is 0 Å². The van der Waals surface area contributed by atoms with Crippen LogP contribution in [0, 0.1) is 29.1 Å². The molecule has 1 saturated heterocycles. The Kier molecular flexibility index (Phi) is 41.2. The molecule has 0 spiro atoms. The lowest BCUT2D eigenvalue weighted by molar-refractivity contribution is 0.0773. The predicted octanol–water partition coefficient (Wildman–Crippen LogP) is 28.8. The van der Waals surface area contributed by atoms with Gasteiger partial charge in [0.15, 0.2) is 0 Å². The number of amides is 3. The fourth-order valence-corrected chi connectivity index (χ4v) is 12.7. The number of aryl methyl sites for hydroxylation is 2. The van der Waals surface area contributed by atoms with Gasteiger partial charge in [-0.15, -0.1) is 0 Å². The average Bonchev–Trinajstić information content (AvgIpc) is 1.66. The number of carbonyl (C=O) groups is 3. The molecule has 11 heteroatoms. The van der Waals surface area contributed by atoms with Crippen molar-refractivity contribution >= 4 is 67.8 Å². The summed E-state index contributed by atoms with van der Waals surface area (Å²) in [5.41, 5.74) is 19.2. The second-order valence-electron chi connectivity index (χ2n) is 31.0. The van der Waals surface area contributed by atoms with E-state index in [0.29, 0.717) is 53.3 Å². The maximum absolute atomic E-state index is 12.6. The van der Waals surface area contributed by atoms with Crippen molar-refractivity contribution in [3.05, 3.63) is 314 Å². The largest absolute Gasteiger partial charge is 0.339 e. The molecule has 0 bridgehead atoms. The summed E-state index contributed by atoms with van der Waals surface area (Å²) in [6.07, 6.45) is 3.32. The first-order valence-electron chi connectivity index (χ1n) is 39.1. The number of rotatable bonds is 13. The quantitative estimate of drug-likeness (QED) is 0.108. The van der Waals surface area contributed by atoms with Gasteiger partial charge in [-0.2, -0.15) is 0 Å². The third-order valence-corrected chi connectivity index (χ3v) is 20.7. The van der Waals surface area contributed by atoms with Crippen LogP contribution in [0.5, 0.6) is 0 Å². The molecule has 3 aliphatic rings. The molecule has 582 valence electrons. The maximum Gasteiger partial charge on any atom is 0.254 e. The monoisotopic (exact) mass is 1660 g/mol. The minimum atomic E-state index is -0.163. The molecule has 0 N–H and O–H groups in total. The third kappa shape index (κ3) is 32.0. The normalized spacial score (nSPS) is 12.5. The molecule has 0 aromatic heterocycles. The Morgan fingerprint density at radius 3 is 1.15 bits per heavy atom. The molecule has 9 aromatic rings. The summed E-state index contributed by atoms with van der Waals surface area (Å²) >= 11 is 11.4. The van der Waals surface area contributed by atoms with Gasteiger partial charge in [0.05, 0.1) is 0 Å². The standard InChI is InChI=1S/2C14H19NO.C13H17NO.C10H13F.C10H14.C9H11Br.C9H11Cl.C9H11F.C9H11I/c1-11(2)12-5-7-13(8-6-12)14(16)15-9-3-4-10-15;1-4-7-15-9-12-6-5-11(10(2)3)8-13(12)14(15)16;1-4-14-8-11-6-5-10(9(2)3)7-12(11)13(14)15;1-7(2)10-5-4-9(11)6-8(10)3;1-8(2)10-6-4-9(3)5-7-10;4*1-7(2)8-3-5-9(10)6-4-8/h5-8,11H,3-4,9-10H2,1-2H3;5-6,8,10H,4,7,9H2,1-3H3;5-7,9H,4,8H2,1-3H3;4-7H,1-3H3;4-8H,1-3H3;4*3-7H,1-2H3. The van der Waals surface area contributed by atoms with E-state index >= 15 is 0 Å². The summed E-state index contributed by atoms with van der Waals surface area (Å²) in [6, 6.07) is 66.0. The summed E-state index contributed by atoms with van der Waals surface area (Å²) < 4.78 is 27.4. The van der Waals surface area contributed by atoms with Crippen molar-refractivity contribution in [2.75, 3.05) is 26.2 Å². The highest BCUT2D eigenvalue weighted by Gasteiger charge is 2.28. The summed E-state index contributed by atoms with van der Waals surface area (Å²) in [6.45, 7) is 52.2. The second-order valence-corrected chi connectivity index (χ2v) is 33.6. The van der Waals surface area contributed by atoms with Crippen molar-refractivity contribution < 1.29 is 23.2 Å². The second kappa shape index (κ2) is 47.7. The van der Waals surface area contributed by atoms with E-state index in [1.807, 2.05) is 71.0 Å². The maximum atomic E-state index is 12.6. The van der Waals surface area contributed by atoms with Crippen molar-refractivity contribution in [1.29, 1.82) is 0 Å². The number of likely N-dealkylation sites (tertiary alicyclic amines) is 1. The predicted molar refractivity (Wildman–Crippen MR) is 470 cm³/mol. The van der Waals surface area contributed by atoms with Crippen LogP contribution in [0.15, 0.2) is 205 Å². The van der Waals surface area contributed by atoms with Gasteiger partial charge in [0.25, 0.3) is 17.7 Å². The zero-order valence-electron chi connectivity index (χ0n) is 69.1. The van der Waals surface area contributed by atoms with E-state index in [-0.39, 0.29) is 29.4 Å². The highest BCUT2D eigenvalue weighted by molar-refractivity contribution is 14.1. The first-order valence-corrected chi connectivity index (χ1v) is 41.4. The first-order chi connectivity index (χ1) is 51.0. The SMILES string of the molecule is CC(C)c1ccc(Br)cc1.CC(C)c1ccc(C(=O)N2CCCC2)cc1.CC(C)c1ccc(Cl)cc1.CC(C)c1ccc(F)cc1.CC(C)c1ccc(I)cc1.CCCN1Cc2ccc(C(C)C)cc2C1=O.CCN1Cc2ccc(C(C)C)cc2C1=O.Cc1cc(F)ccc1C(C)C.Cc1ccc(C(C)C)cc1. The number of nitrogens with zero attached hydrogens (tertiary/aromatic N) is 3. The van der Waals surface area contributed by atoms with Crippen LogP contribution in [0.4, 0.5) is 8.78 Å². The summed E-state index contributed by atoms with van der Waals surface area (Å²) in [7, 11) is 0. The Labute approximate surface area is 678 Å². The Morgan fingerprint density at radius 2 is 0.769 bits per heavy atom. The molecule has 0 aliphatic carbocycles. The third-order valence-electron chi connectivity index (χ3n) is 19.2. The van der Waals surface area contributed by atoms with E-state index in [0.717, 1.165) is 90.3 Å². The smallest absolute Gasteiger partial charge is 0.254 e. The zero-order chi connectivity index (χ0) is 80.5. The fraction of sp³-hybridized carbons (Fsp3) is 0.412. The van der Waals surface area contributed by atoms with Crippen molar-refractivity contribution in [1.82, 2.24) is 14.7 Å². The zero-order valence-corrected chi connectivity index (χ0v) is 73.6. The van der Waals surface area contributed by atoms with Crippen molar-refractivity contribution in [3.63, 3.8) is 0 Å². The molecule has 9 aromatic carbocycles. The minimum Gasteiger partial charge on any atom is -0.339 e. The van der Waals surface area contributed by atoms with Gasteiger partial charge < -0.3 is 14.7 Å².